The third-order valence-corrected chi connectivity index (χ3v) is 4.71. The zero-order valence-corrected chi connectivity index (χ0v) is 15.4. The molecular weight excluding hydrogens is 346 g/mol. The lowest BCUT2D eigenvalue weighted by Crippen LogP contribution is -2.46. The van der Waals surface area contributed by atoms with Gasteiger partial charge in [0.1, 0.15) is 5.41 Å². The number of aliphatic carboxylic acids is 1. The summed E-state index contributed by atoms with van der Waals surface area (Å²) >= 11 is 0. The van der Waals surface area contributed by atoms with Crippen LogP contribution in [-0.2, 0) is 10.2 Å². The Morgan fingerprint density at radius 2 is 1.89 bits per heavy atom. The first kappa shape index (κ1) is 18.5. The first-order valence-corrected chi connectivity index (χ1v) is 8.65. The number of nitrogens with one attached hydrogen (secondary N) is 1. The molecule has 2 aromatic heterocycles. The predicted molar refractivity (Wildman–Crippen MR) is 98.6 cm³/mol. The summed E-state index contributed by atoms with van der Waals surface area (Å²) in [5.74, 6) is -1.24. The van der Waals surface area contributed by atoms with Gasteiger partial charge in [0, 0.05) is 17.9 Å². The highest BCUT2D eigenvalue weighted by Crippen LogP contribution is 2.28. The van der Waals surface area contributed by atoms with Crippen LogP contribution in [0.3, 0.4) is 0 Å². The van der Waals surface area contributed by atoms with E-state index >= 15 is 0 Å². The molecule has 27 heavy (non-hydrogen) atoms. The number of aromatic nitrogens is 4. The van der Waals surface area contributed by atoms with Crippen molar-refractivity contribution in [1.29, 1.82) is 0 Å². The number of carbonyl (C=O) groups excluding carboxylic acids is 1. The zero-order chi connectivity index (χ0) is 19.6. The maximum atomic E-state index is 12.6. The highest BCUT2D eigenvalue weighted by Gasteiger charge is 2.39. The Bertz CT molecular complexity index is 999. The van der Waals surface area contributed by atoms with Gasteiger partial charge in [-0.05, 0) is 31.9 Å². The number of carbonyl (C=O) groups is 2. The van der Waals surface area contributed by atoms with Gasteiger partial charge < -0.3 is 10.4 Å². The second kappa shape index (κ2) is 7.14. The van der Waals surface area contributed by atoms with Crippen molar-refractivity contribution in [3.8, 4) is 0 Å². The minimum absolute atomic E-state index is 0.0420. The molecule has 0 aliphatic rings. The maximum Gasteiger partial charge on any atom is 0.315 e. The molecule has 0 aliphatic heterocycles. The summed E-state index contributed by atoms with van der Waals surface area (Å²) in [7, 11) is 0. The summed E-state index contributed by atoms with van der Waals surface area (Å²) in [5, 5.41) is 16.7. The monoisotopic (exact) mass is 367 g/mol. The molecule has 1 amide bonds. The molecule has 2 heterocycles. The van der Waals surface area contributed by atoms with E-state index < -0.39 is 17.3 Å². The average Bonchev–Trinajstić information content (AvgIpc) is 3.07. The normalized spacial score (nSPS) is 13.3. The van der Waals surface area contributed by atoms with Crippen molar-refractivity contribution < 1.29 is 14.7 Å². The Balaban J connectivity index is 1.87. The van der Waals surface area contributed by atoms with Gasteiger partial charge in [0.15, 0.2) is 0 Å². The molecule has 0 saturated heterocycles. The van der Waals surface area contributed by atoms with E-state index in [2.05, 4.69) is 20.4 Å². The van der Waals surface area contributed by atoms with Gasteiger partial charge in [0.25, 0.3) is 11.7 Å². The molecule has 1 aromatic carbocycles. The van der Waals surface area contributed by atoms with Crippen molar-refractivity contribution in [3.63, 3.8) is 0 Å². The molecule has 0 bridgehead atoms. The van der Waals surface area contributed by atoms with Crippen LogP contribution in [0.25, 0.3) is 5.78 Å². The van der Waals surface area contributed by atoms with Crippen LogP contribution in [0.5, 0.6) is 0 Å². The summed E-state index contributed by atoms with van der Waals surface area (Å²) < 4.78 is 1.49. The van der Waals surface area contributed by atoms with E-state index in [9.17, 15) is 14.7 Å². The minimum atomic E-state index is -1.22. The molecule has 0 spiro atoms. The highest BCUT2D eigenvalue weighted by atomic mass is 16.4. The first-order chi connectivity index (χ1) is 12.9. The Morgan fingerprint density at radius 3 is 2.52 bits per heavy atom. The fourth-order valence-corrected chi connectivity index (χ4v) is 3.11. The fraction of sp³-hybridized carbons (Fsp3) is 0.316. The predicted octanol–water partition coefficient (Wildman–Crippen LogP) is 1.90. The van der Waals surface area contributed by atoms with Crippen molar-refractivity contribution in [2.45, 2.75) is 32.6 Å². The molecule has 2 N–H and O–H groups in total. The van der Waals surface area contributed by atoms with E-state index in [0.29, 0.717) is 17.8 Å². The van der Waals surface area contributed by atoms with Gasteiger partial charge in [-0.2, -0.15) is 4.98 Å². The van der Waals surface area contributed by atoms with Crippen molar-refractivity contribution >= 4 is 17.7 Å². The topological polar surface area (TPSA) is 109 Å². The molecule has 3 rings (SSSR count). The molecule has 0 fully saturated rings. The van der Waals surface area contributed by atoms with Gasteiger partial charge in [0.2, 0.25) is 5.82 Å². The lowest BCUT2D eigenvalue weighted by Gasteiger charge is -2.28. The van der Waals surface area contributed by atoms with Crippen LogP contribution in [0.2, 0.25) is 0 Å². The standard InChI is InChI=1S/C19H21N5O3/c1-4-19(17(26)27,14-8-6-5-7-9-14)11-20-16(25)15-22-18-21-12(2)10-13(3)24(18)23-15/h5-10H,4,11H2,1-3H3,(H,20,25)(H,26,27). The highest BCUT2D eigenvalue weighted by molar-refractivity contribution is 5.92. The molecule has 1 unspecified atom stereocenters. The van der Waals surface area contributed by atoms with E-state index in [-0.39, 0.29) is 12.4 Å². The molecule has 8 heteroatoms. The third kappa shape index (κ3) is 3.38. The van der Waals surface area contributed by atoms with E-state index in [0.717, 1.165) is 11.4 Å². The molecule has 3 aromatic rings. The summed E-state index contributed by atoms with van der Waals surface area (Å²) in [6.45, 7) is 5.40. The van der Waals surface area contributed by atoms with Crippen LogP contribution in [-0.4, -0.2) is 43.1 Å². The number of amides is 1. The van der Waals surface area contributed by atoms with Crippen LogP contribution in [0.1, 0.15) is 40.9 Å². The molecule has 0 aliphatic carbocycles. The van der Waals surface area contributed by atoms with E-state index in [1.54, 1.807) is 31.2 Å². The number of carboxylic acid groups (broad SMARTS) is 1. The Kier molecular flexibility index (Phi) is 4.89. The lowest BCUT2D eigenvalue weighted by atomic mass is 9.78. The molecule has 1 atom stereocenters. The number of hydrogen-bond donors (Lipinski definition) is 2. The summed E-state index contributed by atoms with van der Waals surface area (Å²) in [6, 6.07) is 10.7. The molecule has 0 radical (unpaired) electrons. The van der Waals surface area contributed by atoms with Crippen LogP contribution >= 0.6 is 0 Å². The van der Waals surface area contributed by atoms with Gasteiger partial charge in [-0.15, -0.1) is 5.10 Å². The number of aryl methyl sites for hydroxylation is 2. The number of nitrogens with zero attached hydrogens (tertiary/aromatic N) is 4. The Hall–Kier alpha value is -3.29. The number of benzene rings is 1. The quantitative estimate of drug-likeness (QED) is 0.689. The van der Waals surface area contributed by atoms with Crippen LogP contribution < -0.4 is 5.32 Å². The number of rotatable bonds is 6. The second-order valence-corrected chi connectivity index (χ2v) is 6.48. The molecule has 140 valence electrons. The Morgan fingerprint density at radius 1 is 1.19 bits per heavy atom. The minimum Gasteiger partial charge on any atom is -0.481 e. The average molecular weight is 367 g/mol. The SMILES string of the molecule is CCC(CNC(=O)c1nc2nc(C)cc(C)n2n1)(C(=O)O)c1ccccc1. The van der Waals surface area contributed by atoms with Crippen LogP contribution in [0, 0.1) is 13.8 Å². The molecule has 8 nitrogen and oxygen atoms in total. The van der Waals surface area contributed by atoms with Crippen molar-refractivity contribution in [3.05, 3.63) is 59.2 Å². The van der Waals surface area contributed by atoms with E-state index in [1.807, 2.05) is 26.0 Å². The van der Waals surface area contributed by atoms with Gasteiger partial charge >= 0.3 is 5.97 Å². The summed E-state index contributed by atoms with van der Waals surface area (Å²) in [4.78, 5) is 33.0. The second-order valence-electron chi connectivity index (χ2n) is 6.48. The van der Waals surface area contributed by atoms with Gasteiger partial charge in [-0.1, -0.05) is 37.3 Å². The first-order valence-electron chi connectivity index (χ1n) is 8.65. The Labute approximate surface area is 156 Å². The van der Waals surface area contributed by atoms with Crippen molar-refractivity contribution in [2.24, 2.45) is 0 Å². The smallest absolute Gasteiger partial charge is 0.315 e. The van der Waals surface area contributed by atoms with Crippen LogP contribution in [0.15, 0.2) is 36.4 Å². The van der Waals surface area contributed by atoms with E-state index in [4.69, 9.17) is 0 Å². The third-order valence-electron chi connectivity index (χ3n) is 4.71. The van der Waals surface area contributed by atoms with E-state index in [1.165, 1.54) is 4.52 Å². The largest absolute Gasteiger partial charge is 0.481 e. The maximum absolute atomic E-state index is 12.6. The lowest BCUT2D eigenvalue weighted by molar-refractivity contribution is -0.143. The van der Waals surface area contributed by atoms with Gasteiger partial charge in [0.05, 0.1) is 0 Å². The number of fused-ring (bicyclic) bond motifs is 1. The summed E-state index contributed by atoms with van der Waals surface area (Å²) in [5.41, 5.74) is 0.998. The van der Waals surface area contributed by atoms with Crippen molar-refractivity contribution in [2.75, 3.05) is 6.54 Å². The van der Waals surface area contributed by atoms with Gasteiger partial charge in [-0.25, -0.2) is 9.50 Å². The van der Waals surface area contributed by atoms with Crippen molar-refractivity contribution in [1.82, 2.24) is 24.9 Å². The van der Waals surface area contributed by atoms with Crippen LogP contribution in [0.4, 0.5) is 0 Å². The van der Waals surface area contributed by atoms with Gasteiger partial charge in [-0.3, -0.25) is 9.59 Å². The number of carboxylic acids is 1. The fourth-order valence-electron chi connectivity index (χ4n) is 3.11. The number of hydrogen-bond acceptors (Lipinski definition) is 5. The zero-order valence-electron chi connectivity index (χ0n) is 15.4. The molecular formula is C19H21N5O3. The molecule has 0 saturated carbocycles. The summed E-state index contributed by atoms with van der Waals surface area (Å²) in [6.07, 6.45) is 0.324.